The minimum Gasteiger partial charge on any atom is -0.409 e. The molecule has 1 rings (SSSR count). The first-order valence-electron chi connectivity index (χ1n) is 5.13. The van der Waals surface area contributed by atoms with E-state index in [1.54, 1.807) is 31.2 Å². The van der Waals surface area contributed by atoms with Crippen LogP contribution in [0.2, 0.25) is 5.02 Å². The van der Waals surface area contributed by atoms with E-state index in [4.69, 9.17) is 22.5 Å². The standard InChI is InChI=1S/C11H14ClN3O2/c1-2-7(10(13)15-17)11(16)14-9-6-4-3-5-8(9)12/h3-7,17H,2H2,1H3,(H2,13,15)(H,14,16). The third-order valence-corrected chi connectivity index (χ3v) is 2.66. The Morgan fingerprint density at radius 2 is 2.24 bits per heavy atom. The predicted octanol–water partition coefficient (Wildman–Crippen LogP) is 2.05. The van der Waals surface area contributed by atoms with Crippen LogP contribution in [0, 0.1) is 5.92 Å². The van der Waals surface area contributed by atoms with Crippen LogP contribution in [-0.4, -0.2) is 17.0 Å². The molecule has 6 heteroatoms. The molecule has 0 radical (unpaired) electrons. The van der Waals surface area contributed by atoms with E-state index < -0.39 is 5.92 Å². The second kappa shape index (κ2) is 6.10. The molecule has 0 aliphatic heterocycles. The van der Waals surface area contributed by atoms with Crippen LogP contribution in [-0.2, 0) is 4.79 Å². The van der Waals surface area contributed by atoms with Gasteiger partial charge in [-0.15, -0.1) is 0 Å². The van der Waals surface area contributed by atoms with Crippen molar-refractivity contribution in [3.05, 3.63) is 29.3 Å². The fourth-order valence-corrected chi connectivity index (χ4v) is 1.56. The summed E-state index contributed by atoms with van der Waals surface area (Å²) in [6.07, 6.45) is 0.437. The summed E-state index contributed by atoms with van der Waals surface area (Å²) in [7, 11) is 0. The maximum atomic E-state index is 11.9. The SMILES string of the molecule is CCC(C(=O)Nc1ccccc1Cl)/C(N)=N/O. The lowest BCUT2D eigenvalue weighted by molar-refractivity contribution is -0.118. The largest absolute Gasteiger partial charge is 0.409 e. The Bertz CT molecular complexity index is 434. The number of anilines is 1. The van der Waals surface area contributed by atoms with Gasteiger partial charge in [-0.25, -0.2) is 0 Å². The fourth-order valence-electron chi connectivity index (χ4n) is 1.38. The number of amides is 1. The molecule has 0 bridgehead atoms. The highest BCUT2D eigenvalue weighted by atomic mass is 35.5. The second-order valence-corrected chi connectivity index (χ2v) is 3.86. The van der Waals surface area contributed by atoms with Crippen LogP contribution in [0.4, 0.5) is 5.69 Å². The van der Waals surface area contributed by atoms with E-state index in [0.717, 1.165) is 0 Å². The van der Waals surface area contributed by atoms with Gasteiger partial charge in [0, 0.05) is 0 Å². The topological polar surface area (TPSA) is 87.7 Å². The molecule has 0 aliphatic carbocycles. The number of nitrogens with two attached hydrogens (primary N) is 1. The highest BCUT2D eigenvalue weighted by Crippen LogP contribution is 2.21. The lowest BCUT2D eigenvalue weighted by Crippen LogP contribution is -2.34. The second-order valence-electron chi connectivity index (χ2n) is 3.45. The van der Waals surface area contributed by atoms with E-state index in [0.29, 0.717) is 17.1 Å². The van der Waals surface area contributed by atoms with Crippen molar-refractivity contribution in [2.24, 2.45) is 16.8 Å². The minimum atomic E-state index is -0.670. The number of nitrogens with zero attached hydrogens (tertiary/aromatic N) is 1. The summed E-state index contributed by atoms with van der Waals surface area (Å²) in [6.45, 7) is 1.77. The zero-order valence-electron chi connectivity index (χ0n) is 9.35. The van der Waals surface area contributed by atoms with Crippen molar-refractivity contribution in [3.8, 4) is 0 Å². The summed E-state index contributed by atoms with van der Waals surface area (Å²) in [5, 5.41) is 14.5. The quantitative estimate of drug-likeness (QED) is 0.333. The first-order chi connectivity index (χ1) is 8.10. The number of benzene rings is 1. The fraction of sp³-hybridized carbons (Fsp3) is 0.273. The van der Waals surface area contributed by atoms with Crippen LogP contribution >= 0.6 is 11.6 Å². The van der Waals surface area contributed by atoms with E-state index >= 15 is 0 Å². The molecule has 5 nitrogen and oxygen atoms in total. The molecular formula is C11H14ClN3O2. The molecule has 0 heterocycles. The number of hydrogen-bond acceptors (Lipinski definition) is 3. The van der Waals surface area contributed by atoms with Gasteiger partial charge >= 0.3 is 0 Å². The Morgan fingerprint density at radius 3 is 2.76 bits per heavy atom. The molecule has 0 saturated heterocycles. The van der Waals surface area contributed by atoms with Gasteiger partial charge < -0.3 is 16.3 Å². The molecule has 4 N–H and O–H groups in total. The Balaban J connectivity index is 2.82. The number of oxime groups is 1. The van der Waals surface area contributed by atoms with E-state index in [-0.39, 0.29) is 11.7 Å². The van der Waals surface area contributed by atoms with E-state index in [1.807, 2.05) is 0 Å². The van der Waals surface area contributed by atoms with Gasteiger partial charge in [-0.2, -0.15) is 0 Å². The van der Waals surface area contributed by atoms with E-state index in [2.05, 4.69) is 10.5 Å². The van der Waals surface area contributed by atoms with Gasteiger partial charge in [0.25, 0.3) is 0 Å². The maximum absolute atomic E-state index is 11.9. The van der Waals surface area contributed by atoms with Crippen LogP contribution in [0.15, 0.2) is 29.4 Å². The molecule has 1 aromatic rings. The summed E-state index contributed by atoms with van der Waals surface area (Å²) in [5.41, 5.74) is 5.93. The van der Waals surface area contributed by atoms with Crippen molar-refractivity contribution < 1.29 is 10.0 Å². The number of hydrogen-bond donors (Lipinski definition) is 3. The summed E-state index contributed by atoms with van der Waals surface area (Å²) in [5.74, 6) is -1.13. The van der Waals surface area contributed by atoms with E-state index in [9.17, 15) is 4.79 Å². The molecule has 1 amide bonds. The molecule has 1 aromatic carbocycles. The minimum absolute atomic E-state index is 0.114. The van der Waals surface area contributed by atoms with Crippen LogP contribution in [0.25, 0.3) is 0 Å². The summed E-state index contributed by atoms with van der Waals surface area (Å²) >= 11 is 5.90. The van der Waals surface area contributed by atoms with Crippen molar-refractivity contribution in [2.45, 2.75) is 13.3 Å². The van der Waals surface area contributed by atoms with Gasteiger partial charge in [-0.05, 0) is 18.6 Å². The summed E-state index contributed by atoms with van der Waals surface area (Å²) in [4.78, 5) is 11.9. The van der Waals surface area contributed by atoms with Gasteiger partial charge in [-0.3, -0.25) is 4.79 Å². The maximum Gasteiger partial charge on any atom is 0.235 e. The van der Waals surface area contributed by atoms with E-state index in [1.165, 1.54) is 0 Å². The zero-order chi connectivity index (χ0) is 12.8. The van der Waals surface area contributed by atoms with Gasteiger partial charge in [0.1, 0.15) is 0 Å². The number of halogens is 1. The molecule has 0 aliphatic rings. The number of rotatable bonds is 4. The lowest BCUT2D eigenvalue weighted by Gasteiger charge is -2.14. The average Bonchev–Trinajstić information content (AvgIpc) is 2.32. The van der Waals surface area contributed by atoms with Crippen molar-refractivity contribution in [2.75, 3.05) is 5.32 Å². The number of carbonyl (C=O) groups is 1. The highest BCUT2D eigenvalue weighted by molar-refractivity contribution is 6.33. The molecule has 17 heavy (non-hydrogen) atoms. The number of carbonyl (C=O) groups excluding carboxylic acids is 1. The molecule has 1 atom stereocenters. The Labute approximate surface area is 104 Å². The third-order valence-electron chi connectivity index (χ3n) is 2.33. The number of para-hydroxylation sites is 1. The van der Waals surface area contributed by atoms with Crippen LogP contribution in [0.3, 0.4) is 0 Å². The van der Waals surface area contributed by atoms with Crippen LogP contribution in [0.1, 0.15) is 13.3 Å². The first kappa shape index (κ1) is 13.3. The first-order valence-corrected chi connectivity index (χ1v) is 5.50. The van der Waals surface area contributed by atoms with Crippen molar-refractivity contribution in [1.29, 1.82) is 0 Å². The normalized spacial score (nSPS) is 13.2. The molecular weight excluding hydrogens is 242 g/mol. The zero-order valence-corrected chi connectivity index (χ0v) is 10.1. The summed E-state index contributed by atoms with van der Waals surface area (Å²) in [6, 6.07) is 6.87. The van der Waals surface area contributed by atoms with Gasteiger partial charge in [0.15, 0.2) is 5.84 Å². The molecule has 92 valence electrons. The number of nitrogens with one attached hydrogen (secondary N) is 1. The van der Waals surface area contributed by atoms with Gasteiger partial charge in [0.05, 0.1) is 16.6 Å². The van der Waals surface area contributed by atoms with Gasteiger partial charge in [0.2, 0.25) is 5.91 Å². The highest BCUT2D eigenvalue weighted by Gasteiger charge is 2.21. The monoisotopic (exact) mass is 255 g/mol. The Kier molecular flexibility index (Phi) is 4.78. The van der Waals surface area contributed by atoms with Crippen LogP contribution in [0.5, 0.6) is 0 Å². The van der Waals surface area contributed by atoms with Crippen molar-refractivity contribution in [1.82, 2.24) is 0 Å². The van der Waals surface area contributed by atoms with Gasteiger partial charge in [-0.1, -0.05) is 35.8 Å². The molecule has 0 saturated carbocycles. The van der Waals surface area contributed by atoms with Crippen molar-refractivity contribution in [3.63, 3.8) is 0 Å². The smallest absolute Gasteiger partial charge is 0.235 e. The Morgan fingerprint density at radius 1 is 1.59 bits per heavy atom. The molecule has 1 unspecified atom stereocenters. The van der Waals surface area contributed by atoms with Crippen LogP contribution < -0.4 is 11.1 Å². The predicted molar refractivity (Wildman–Crippen MR) is 67.3 cm³/mol. The Hall–Kier alpha value is -1.75. The average molecular weight is 256 g/mol. The van der Waals surface area contributed by atoms with Crippen molar-refractivity contribution >= 4 is 29.0 Å². The summed E-state index contributed by atoms with van der Waals surface area (Å²) < 4.78 is 0. The third kappa shape index (κ3) is 3.35. The lowest BCUT2D eigenvalue weighted by atomic mass is 10.0. The molecule has 0 aromatic heterocycles. The molecule has 0 spiro atoms. The number of amidine groups is 1. The molecule has 0 fully saturated rings.